The number of aromatic carboxylic acids is 1. The molecule has 1 aliphatic rings. The van der Waals surface area contributed by atoms with Crippen LogP contribution in [0.1, 0.15) is 67.8 Å². The summed E-state index contributed by atoms with van der Waals surface area (Å²) in [7, 11) is 0. The van der Waals surface area contributed by atoms with Gasteiger partial charge < -0.3 is 15.1 Å². The third kappa shape index (κ3) is 6.83. The summed E-state index contributed by atoms with van der Waals surface area (Å²) >= 11 is 0. The number of aryl methyl sites for hydroxylation is 1. The van der Waals surface area contributed by atoms with Crippen LogP contribution in [0.4, 0.5) is 0 Å². The van der Waals surface area contributed by atoms with Crippen molar-refractivity contribution in [1.29, 1.82) is 0 Å². The Morgan fingerprint density at radius 1 is 1.26 bits per heavy atom. The summed E-state index contributed by atoms with van der Waals surface area (Å²) in [6.07, 6.45) is 10.5. The van der Waals surface area contributed by atoms with Crippen LogP contribution in [0.15, 0.2) is 36.4 Å². The minimum Gasteiger partial charge on any atom is -0.478 e. The van der Waals surface area contributed by atoms with E-state index in [1.54, 1.807) is 12.1 Å². The van der Waals surface area contributed by atoms with Crippen LogP contribution in [0, 0.1) is 0 Å². The Morgan fingerprint density at radius 2 is 2.00 bits per heavy atom. The molecule has 2 rings (SSSR count). The van der Waals surface area contributed by atoms with Crippen LogP contribution in [-0.4, -0.2) is 45.7 Å². The van der Waals surface area contributed by atoms with Crippen molar-refractivity contribution in [2.24, 2.45) is 0 Å². The monoisotopic (exact) mass is 373 g/mol. The Labute approximate surface area is 161 Å². The second-order valence-electron chi connectivity index (χ2n) is 7.25. The number of aliphatic hydroxyl groups is 1. The number of aliphatic hydroxyl groups excluding tert-OH is 1. The van der Waals surface area contributed by atoms with Gasteiger partial charge in [0.2, 0.25) is 5.91 Å². The number of benzene rings is 1. The molecule has 1 fully saturated rings. The fourth-order valence-corrected chi connectivity index (χ4v) is 3.47. The van der Waals surface area contributed by atoms with Gasteiger partial charge in [0.05, 0.1) is 17.7 Å². The highest BCUT2D eigenvalue weighted by Gasteiger charge is 2.28. The number of likely N-dealkylation sites (tertiary alicyclic amines) is 1. The van der Waals surface area contributed by atoms with Crippen molar-refractivity contribution in [2.75, 3.05) is 6.54 Å². The lowest BCUT2D eigenvalue weighted by atomic mass is 10.1. The molecule has 0 aliphatic carbocycles. The van der Waals surface area contributed by atoms with E-state index in [1.807, 2.05) is 29.2 Å². The maximum Gasteiger partial charge on any atom is 0.335 e. The van der Waals surface area contributed by atoms with E-state index in [4.69, 9.17) is 5.11 Å². The van der Waals surface area contributed by atoms with Crippen molar-refractivity contribution < 1.29 is 19.8 Å². The minimum atomic E-state index is -0.921. The van der Waals surface area contributed by atoms with Crippen molar-refractivity contribution in [3.63, 3.8) is 0 Å². The molecule has 1 aliphatic heterocycles. The Hall–Kier alpha value is -2.14. The summed E-state index contributed by atoms with van der Waals surface area (Å²) in [5, 5.41) is 19.0. The lowest BCUT2D eigenvalue weighted by Crippen LogP contribution is -2.33. The predicted molar refractivity (Wildman–Crippen MR) is 106 cm³/mol. The highest BCUT2D eigenvalue weighted by atomic mass is 16.4. The lowest BCUT2D eigenvalue weighted by molar-refractivity contribution is -0.128. The predicted octanol–water partition coefficient (Wildman–Crippen LogP) is 3.81. The molecule has 0 saturated carbocycles. The van der Waals surface area contributed by atoms with Gasteiger partial charge in [-0.1, -0.05) is 50.5 Å². The molecule has 1 aromatic rings. The molecule has 5 nitrogen and oxygen atoms in total. The first-order valence-corrected chi connectivity index (χ1v) is 9.99. The molecular formula is C22H31NO4. The smallest absolute Gasteiger partial charge is 0.335 e. The molecule has 1 saturated heterocycles. The van der Waals surface area contributed by atoms with Gasteiger partial charge in [-0.15, -0.1) is 0 Å². The molecular weight excluding hydrogens is 342 g/mol. The number of hydrogen-bond donors (Lipinski definition) is 2. The van der Waals surface area contributed by atoms with Gasteiger partial charge in [0.25, 0.3) is 0 Å². The van der Waals surface area contributed by atoms with Crippen molar-refractivity contribution in [1.82, 2.24) is 4.90 Å². The van der Waals surface area contributed by atoms with Crippen molar-refractivity contribution in [2.45, 2.75) is 70.4 Å². The van der Waals surface area contributed by atoms with Gasteiger partial charge in [0, 0.05) is 13.0 Å². The SMILES string of the molecule is CCCCCC(O)C=C[C@H]1CCC(=O)N1CCCc1ccc(C(=O)O)cc1. The quantitative estimate of drug-likeness (QED) is 0.457. The molecule has 1 unspecified atom stereocenters. The van der Waals surface area contributed by atoms with Crippen LogP contribution in [0.3, 0.4) is 0 Å². The molecule has 0 spiro atoms. The second kappa shape index (κ2) is 10.9. The molecule has 2 atom stereocenters. The Bertz CT molecular complexity index is 638. The third-order valence-corrected chi connectivity index (χ3v) is 5.10. The molecule has 1 amide bonds. The number of unbranched alkanes of at least 4 members (excludes halogenated alkanes) is 2. The number of carboxylic acids is 1. The molecule has 148 valence electrons. The first-order chi connectivity index (χ1) is 13.0. The highest BCUT2D eigenvalue weighted by Crippen LogP contribution is 2.21. The van der Waals surface area contributed by atoms with Crippen LogP contribution in [0.25, 0.3) is 0 Å². The Balaban J connectivity index is 1.80. The largest absolute Gasteiger partial charge is 0.478 e. The number of carboxylic acid groups (broad SMARTS) is 1. The molecule has 0 bridgehead atoms. The van der Waals surface area contributed by atoms with Gasteiger partial charge in [0.15, 0.2) is 0 Å². The van der Waals surface area contributed by atoms with Gasteiger partial charge in [-0.2, -0.15) is 0 Å². The first-order valence-electron chi connectivity index (χ1n) is 9.99. The van der Waals surface area contributed by atoms with Crippen LogP contribution in [-0.2, 0) is 11.2 Å². The summed E-state index contributed by atoms with van der Waals surface area (Å²) in [6, 6.07) is 6.97. The van der Waals surface area contributed by atoms with E-state index in [0.717, 1.165) is 50.5 Å². The fraction of sp³-hybridized carbons (Fsp3) is 0.545. The van der Waals surface area contributed by atoms with Crippen molar-refractivity contribution in [3.05, 3.63) is 47.5 Å². The molecule has 1 heterocycles. The normalized spacial score (nSPS) is 18.4. The minimum absolute atomic E-state index is 0.0766. The van der Waals surface area contributed by atoms with Gasteiger partial charge in [-0.05, 0) is 43.4 Å². The summed E-state index contributed by atoms with van der Waals surface area (Å²) in [6.45, 7) is 2.82. The van der Waals surface area contributed by atoms with E-state index in [2.05, 4.69) is 6.92 Å². The van der Waals surface area contributed by atoms with Gasteiger partial charge in [-0.25, -0.2) is 4.79 Å². The van der Waals surface area contributed by atoms with E-state index < -0.39 is 12.1 Å². The van der Waals surface area contributed by atoms with E-state index in [9.17, 15) is 14.7 Å². The standard InChI is InChI=1S/C22H31NO4/c1-2-3-4-7-20(24)14-12-19-13-15-21(25)23(19)16-5-6-17-8-10-18(11-9-17)22(26)27/h8-12,14,19-20,24H,2-7,13,15-16H2,1H3,(H,26,27)/t19-,20?/m0/s1. The molecule has 5 heteroatoms. The zero-order valence-electron chi connectivity index (χ0n) is 16.1. The number of hydrogen-bond acceptors (Lipinski definition) is 3. The number of rotatable bonds is 11. The Kier molecular flexibility index (Phi) is 8.52. The third-order valence-electron chi connectivity index (χ3n) is 5.10. The average molecular weight is 373 g/mol. The summed E-state index contributed by atoms with van der Waals surface area (Å²) in [4.78, 5) is 25.0. The van der Waals surface area contributed by atoms with Crippen LogP contribution in [0.5, 0.6) is 0 Å². The zero-order chi connectivity index (χ0) is 19.6. The maximum atomic E-state index is 12.2. The van der Waals surface area contributed by atoms with Crippen molar-refractivity contribution >= 4 is 11.9 Å². The van der Waals surface area contributed by atoms with Crippen LogP contribution < -0.4 is 0 Å². The number of amides is 1. The van der Waals surface area contributed by atoms with Crippen molar-refractivity contribution in [3.8, 4) is 0 Å². The first kappa shape index (κ1) is 21.2. The summed E-state index contributed by atoms with van der Waals surface area (Å²) in [5.41, 5.74) is 1.36. The molecule has 1 aromatic carbocycles. The molecule has 2 N–H and O–H groups in total. The second-order valence-corrected chi connectivity index (χ2v) is 7.25. The zero-order valence-corrected chi connectivity index (χ0v) is 16.1. The van der Waals surface area contributed by atoms with Gasteiger partial charge >= 0.3 is 5.97 Å². The fourth-order valence-electron chi connectivity index (χ4n) is 3.47. The topological polar surface area (TPSA) is 77.8 Å². The van der Waals surface area contributed by atoms with Gasteiger partial charge in [-0.3, -0.25) is 4.79 Å². The number of nitrogens with zero attached hydrogens (tertiary/aromatic N) is 1. The summed E-state index contributed by atoms with van der Waals surface area (Å²) < 4.78 is 0. The van der Waals surface area contributed by atoms with Crippen LogP contribution in [0.2, 0.25) is 0 Å². The molecule has 27 heavy (non-hydrogen) atoms. The van der Waals surface area contributed by atoms with E-state index >= 15 is 0 Å². The summed E-state index contributed by atoms with van der Waals surface area (Å²) in [5.74, 6) is -0.748. The molecule has 0 radical (unpaired) electrons. The lowest BCUT2D eigenvalue weighted by Gasteiger charge is -2.22. The van der Waals surface area contributed by atoms with Crippen LogP contribution >= 0.6 is 0 Å². The number of carbonyl (C=O) groups is 2. The van der Waals surface area contributed by atoms with E-state index in [-0.39, 0.29) is 17.5 Å². The van der Waals surface area contributed by atoms with E-state index in [0.29, 0.717) is 13.0 Å². The molecule has 0 aromatic heterocycles. The number of carbonyl (C=O) groups excluding carboxylic acids is 1. The van der Waals surface area contributed by atoms with Gasteiger partial charge in [0.1, 0.15) is 0 Å². The average Bonchev–Trinajstić information content (AvgIpc) is 3.00. The van der Waals surface area contributed by atoms with E-state index in [1.165, 1.54) is 0 Å². The highest BCUT2D eigenvalue weighted by molar-refractivity contribution is 5.87. The maximum absolute atomic E-state index is 12.2. The Morgan fingerprint density at radius 3 is 2.67 bits per heavy atom.